The van der Waals surface area contributed by atoms with Crippen molar-refractivity contribution in [2.45, 2.75) is 45.1 Å². The van der Waals surface area contributed by atoms with E-state index < -0.39 is 47.1 Å². The van der Waals surface area contributed by atoms with E-state index >= 15 is 0 Å². The van der Waals surface area contributed by atoms with Crippen molar-refractivity contribution in [3.05, 3.63) is 72.3 Å². The number of rotatable bonds is 4. The van der Waals surface area contributed by atoms with E-state index in [4.69, 9.17) is 9.47 Å². The maximum absolute atomic E-state index is 15.0. The monoisotopic (exact) mass is 700 g/mol. The van der Waals surface area contributed by atoms with Crippen molar-refractivity contribution in [2.75, 3.05) is 31.6 Å². The number of amides is 1. The number of phenols is 1. The molecule has 1 amide bonds. The summed E-state index contributed by atoms with van der Waals surface area (Å²) in [6.07, 6.45) is 3.31. The van der Waals surface area contributed by atoms with Crippen molar-refractivity contribution in [2.24, 2.45) is 0 Å². The van der Waals surface area contributed by atoms with Crippen molar-refractivity contribution in [3.8, 4) is 28.7 Å². The molecule has 14 nitrogen and oxygen atoms in total. The number of anilines is 1. The molecule has 0 aliphatic carbocycles. The average Bonchev–Trinajstić information content (AvgIpc) is 3.79. The molecule has 17 heteroatoms. The lowest BCUT2D eigenvalue weighted by Crippen LogP contribution is -2.47. The van der Waals surface area contributed by atoms with Gasteiger partial charge in [0, 0.05) is 56.6 Å². The van der Waals surface area contributed by atoms with Crippen LogP contribution in [0.4, 0.5) is 19.0 Å². The number of aryl methyl sites for hydroxylation is 1. The van der Waals surface area contributed by atoms with E-state index in [1.807, 2.05) is 18.4 Å². The summed E-state index contributed by atoms with van der Waals surface area (Å²) in [7, 11) is 1.69. The van der Waals surface area contributed by atoms with Gasteiger partial charge in [-0.3, -0.25) is 4.79 Å². The summed E-state index contributed by atoms with van der Waals surface area (Å²) < 4.78 is 59.1. The Hall–Kier alpha value is -5.84. The maximum Gasteiger partial charge on any atom is 0.317 e. The Morgan fingerprint density at radius 1 is 1.04 bits per heavy atom. The highest BCUT2D eigenvalue weighted by Gasteiger charge is 2.42. The van der Waals surface area contributed by atoms with Crippen LogP contribution < -0.4 is 9.64 Å². The first-order valence-electron chi connectivity index (χ1n) is 16.3. The van der Waals surface area contributed by atoms with Gasteiger partial charge in [-0.2, -0.15) is 10.1 Å². The molecule has 1 N–H and O–H groups in total. The van der Waals surface area contributed by atoms with E-state index in [2.05, 4.69) is 30.0 Å². The zero-order valence-electron chi connectivity index (χ0n) is 27.7. The molecule has 4 aromatic heterocycles. The molecule has 6 heterocycles. The van der Waals surface area contributed by atoms with Crippen LogP contribution in [0.15, 0.2) is 49.1 Å². The van der Waals surface area contributed by atoms with Gasteiger partial charge in [0.2, 0.25) is 5.91 Å². The van der Waals surface area contributed by atoms with Crippen molar-refractivity contribution < 1.29 is 32.5 Å². The fraction of sp³-hybridized carbons (Fsp3) is 0.324. The highest BCUT2D eigenvalue weighted by molar-refractivity contribution is 5.93. The predicted octanol–water partition coefficient (Wildman–Crippen LogP) is 3.96. The van der Waals surface area contributed by atoms with E-state index in [-0.39, 0.29) is 37.1 Å². The molecule has 1 fully saturated rings. The molecular weight excluding hydrogens is 669 g/mol. The van der Waals surface area contributed by atoms with Gasteiger partial charge in [0.25, 0.3) is 0 Å². The second-order valence-electron chi connectivity index (χ2n) is 12.5. The summed E-state index contributed by atoms with van der Waals surface area (Å²) in [5.74, 6) is -2.44. The first-order valence-corrected chi connectivity index (χ1v) is 16.3. The molecule has 51 heavy (non-hydrogen) atoms. The van der Waals surface area contributed by atoms with Gasteiger partial charge in [-0.25, -0.2) is 37.8 Å². The van der Waals surface area contributed by atoms with E-state index in [1.165, 1.54) is 30.9 Å². The minimum atomic E-state index is -1.04. The number of hydrogen-bond acceptors (Lipinski definition) is 11. The molecule has 3 atom stereocenters. The van der Waals surface area contributed by atoms with Crippen molar-refractivity contribution in [1.29, 1.82) is 0 Å². The molecule has 2 aliphatic heterocycles. The maximum atomic E-state index is 15.0. The number of ether oxygens (including phenoxy) is 2. The zero-order valence-corrected chi connectivity index (χ0v) is 27.7. The summed E-state index contributed by atoms with van der Waals surface area (Å²) in [6.45, 7) is 4.78. The fourth-order valence-electron chi connectivity index (χ4n) is 7.06. The number of aromatic nitrogens is 8. The average molecular weight is 701 g/mol. The Kier molecular flexibility index (Phi) is 7.93. The number of imidazole rings is 1. The summed E-state index contributed by atoms with van der Waals surface area (Å²) in [6, 6.07) is 5.10. The lowest BCUT2D eigenvalue weighted by Gasteiger charge is -2.31. The number of carbonyl (C=O) groups excluding carboxylic acids is 1. The number of hydrogen-bond donors (Lipinski definition) is 1. The first-order chi connectivity index (χ1) is 24.6. The normalized spacial score (nSPS) is 19.4. The smallest absolute Gasteiger partial charge is 0.317 e. The molecule has 0 unspecified atom stereocenters. The second-order valence-corrected chi connectivity index (χ2v) is 12.5. The standard InChI is InChI=1S/C34H31F3N10O4/c1-4-50-21-13-44(3)33(49)27-11-20(51-34-38-6-5-25(43-34)22-7-18(35)9-26-29(22)45(15-21)17(2)42-26)14-46(27)31-23-12-41-47(32(23)40-16-39-31)30-24(37)8-19(36)10-28(30)48/h5-10,12,16,20-21,27,48H,4,11,13-15H2,1-3H3/t20-,21-,27-/m0/s1. The van der Waals surface area contributed by atoms with Crippen LogP contribution in [0, 0.1) is 24.4 Å². The largest absolute Gasteiger partial charge is 0.505 e. The third-order valence-corrected chi connectivity index (χ3v) is 9.21. The van der Waals surface area contributed by atoms with Crippen LogP contribution in [-0.2, 0) is 16.1 Å². The summed E-state index contributed by atoms with van der Waals surface area (Å²) >= 11 is 0. The van der Waals surface area contributed by atoms with E-state index in [9.17, 15) is 23.1 Å². The summed E-state index contributed by atoms with van der Waals surface area (Å²) in [5, 5.41) is 15.0. The lowest BCUT2D eigenvalue weighted by atomic mass is 10.1. The van der Waals surface area contributed by atoms with Crippen LogP contribution in [0.2, 0.25) is 0 Å². The number of carbonyl (C=O) groups is 1. The molecule has 262 valence electrons. The number of halogens is 3. The Bertz CT molecular complexity index is 2310. The molecule has 2 aliphatic rings. The van der Waals surface area contributed by atoms with Crippen LogP contribution in [0.25, 0.3) is 39.0 Å². The van der Waals surface area contributed by atoms with Gasteiger partial charge >= 0.3 is 6.01 Å². The van der Waals surface area contributed by atoms with E-state index in [1.54, 1.807) is 22.9 Å². The van der Waals surface area contributed by atoms with Gasteiger partial charge in [0.05, 0.1) is 47.5 Å². The van der Waals surface area contributed by atoms with Crippen molar-refractivity contribution >= 4 is 33.8 Å². The predicted molar refractivity (Wildman–Crippen MR) is 177 cm³/mol. The molecule has 8 rings (SSSR count). The van der Waals surface area contributed by atoms with Crippen molar-refractivity contribution in [3.63, 3.8) is 0 Å². The van der Waals surface area contributed by atoms with Gasteiger partial charge in [-0.15, -0.1) is 0 Å². The highest BCUT2D eigenvalue weighted by Crippen LogP contribution is 2.36. The number of phenolic OH excluding ortho intramolecular Hbond substituents is 1. The topological polar surface area (TPSA) is 149 Å². The van der Waals surface area contributed by atoms with E-state index in [0.29, 0.717) is 58.5 Å². The number of likely N-dealkylation sites (N-methyl/N-ethyl adjacent to an activating group) is 1. The van der Waals surface area contributed by atoms with Crippen molar-refractivity contribution in [1.82, 2.24) is 44.2 Å². The quantitative estimate of drug-likeness (QED) is 0.285. The zero-order chi connectivity index (χ0) is 35.6. The minimum Gasteiger partial charge on any atom is -0.505 e. The lowest BCUT2D eigenvalue weighted by molar-refractivity contribution is -0.133. The highest BCUT2D eigenvalue weighted by atomic mass is 19.1. The molecule has 6 aromatic rings. The minimum absolute atomic E-state index is 0.0316. The molecule has 1 saturated heterocycles. The molecular formula is C34H31F3N10O4. The Morgan fingerprint density at radius 3 is 2.67 bits per heavy atom. The van der Waals surface area contributed by atoms with Crippen LogP contribution in [0.1, 0.15) is 19.2 Å². The van der Waals surface area contributed by atoms with Crippen LogP contribution >= 0.6 is 0 Å². The van der Waals surface area contributed by atoms with Gasteiger partial charge in [0.15, 0.2) is 11.5 Å². The SMILES string of the molecule is CCO[C@H]1CN(C)C(=O)[C@@H]2C[C@@H](CN2c2ncnc3c2cnn3-c2c(O)cc(F)cc2F)Oc2nccc(n2)-c2cc(F)cc3nc(C)n(c23)C1. The van der Waals surface area contributed by atoms with Crippen LogP contribution in [0.5, 0.6) is 11.8 Å². The van der Waals surface area contributed by atoms with Gasteiger partial charge in [-0.1, -0.05) is 0 Å². The number of nitrogens with zero attached hydrogens (tertiary/aromatic N) is 10. The summed E-state index contributed by atoms with van der Waals surface area (Å²) in [4.78, 5) is 40.1. The Balaban J connectivity index is 1.23. The molecule has 2 aromatic carbocycles. The van der Waals surface area contributed by atoms with Gasteiger partial charge in [-0.05, 0) is 26.0 Å². The van der Waals surface area contributed by atoms with Gasteiger partial charge in [0.1, 0.15) is 53.2 Å². The second kappa shape index (κ2) is 12.5. The number of aromatic hydroxyl groups is 1. The van der Waals surface area contributed by atoms with Crippen LogP contribution in [0.3, 0.4) is 0 Å². The summed E-state index contributed by atoms with van der Waals surface area (Å²) in [5.41, 5.74) is 1.78. The first kappa shape index (κ1) is 32.4. The van der Waals surface area contributed by atoms with Gasteiger partial charge < -0.3 is 28.9 Å². The third-order valence-electron chi connectivity index (χ3n) is 9.21. The molecule has 0 saturated carbocycles. The Morgan fingerprint density at radius 2 is 1.86 bits per heavy atom. The molecule has 4 bridgehead atoms. The molecule has 0 radical (unpaired) electrons. The number of benzene rings is 2. The fourth-order valence-corrected chi connectivity index (χ4v) is 7.06. The Labute approximate surface area is 288 Å². The van der Waals surface area contributed by atoms with E-state index in [0.717, 1.165) is 10.7 Å². The third kappa shape index (κ3) is 5.62. The molecule has 0 spiro atoms. The number of fused-ring (bicyclic) bond motifs is 6. The van der Waals surface area contributed by atoms with Crippen LogP contribution in [-0.4, -0.2) is 100 Å².